The maximum absolute atomic E-state index is 12.2. The number of rotatable bonds is 3. The second-order valence-corrected chi connectivity index (χ2v) is 6.90. The topological polar surface area (TPSA) is 47.6 Å². The van der Waals surface area contributed by atoms with Gasteiger partial charge in [-0.2, -0.15) is 0 Å². The van der Waals surface area contributed by atoms with Crippen molar-refractivity contribution in [1.29, 1.82) is 0 Å². The summed E-state index contributed by atoms with van der Waals surface area (Å²) in [4.78, 5) is 12.2. The second-order valence-electron chi connectivity index (χ2n) is 6.90. The van der Waals surface area contributed by atoms with Crippen molar-refractivity contribution in [2.45, 2.75) is 53.1 Å². The molecule has 0 bridgehead atoms. The average Bonchev–Trinajstić information content (AvgIpc) is 2.84. The lowest BCUT2D eigenvalue weighted by Crippen LogP contribution is -2.39. The van der Waals surface area contributed by atoms with Gasteiger partial charge in [-0.25, -0.2) is 0 Å². The van der Waals surface area contributed by atoms with Crippen LogP contribution in [0, 0.1) is 11.3 Å². The summed E-state index contributed by atoms with van der Waals surface area (Å²) in [5.41, 5.74) is 0.928. The number of ether oxygens (including phenoxy) is 2. The summed E-state index contributed by atoms with van der Waals surface area (Å²) in [7, 11) is 0. The van der Waals surface area contributed by atoms with Gasteiger partial charge >= 0.3 is 0 Å². The highest BCUT2D eigenvalue weighted by atomic mass is 16.5. The highest BCUT2D eigenvalue weighted by Crippen LogP contribution is 2.34. The quantitative estimate of drug-likeness (QED) is 0.865. The van der Waals surface area contributed by atoms with E-state index in [1.807, 2.05) is 6.92 Å². The SMILES string of the molecule is CC1=C(C(=O)NC[C@H]2CCO[C@@H]2C(C)(C)C)CCCO1. The smallest absolute Gasteiger partial charge is 0.250 e. The predicted molar refractivity (Wildman–Crippen MR) is 78.2 cm³/mol. The lowest BCUT2D eigenvalue weighted by atomic mass is 9.81. The van der Waals surface area contributed by atoms with E-state index in [1.165, 1.54) is 0 Å². The number of allylic oxidation sites excluding steroid dienone is 1. The van der Waals surface area contributed by atoms with Crippen molar-refractivity contribution < 1.29 is 14.3 Å². The van der Waals surface area contributed by atoms with Crippen LogP contribution >= 0.6 is 0 Å². The first-order chi connectivity index (χ1) is 9.39. The molecule has 1 N–H and O–H groups in total. The summed E-state index contributed by atoms with van der Waals surface area (Å²) >= 11 is 0. The molecule has 114 valence electrons. The number of carbonyl (C=O) groups is 1. The molecule has 20 heavy (non-hydrogen) atoms. The normalized spacial score (nSPS) is 27.4. The zero-order valence-corrected chi connectivity index (χ0v) is 13.1. The molecule has 0 aromatic carbocycles. The predicted octanol–water partition coefficient (Wildman–Crippen LogP) is 2.64. The van der Waals surface area contributed by atoms with Crippen LogP contribution in [-0.4, -0.2) is 31.8 Å². The largest absolute Gasteiger partial charge is 0.498 e. The molecule has 0 saturated carbocycles. The Morgan fingerprint density at radius 3 is 2.75 bits per heavy atom. The van der Waals surface area contributed by atoms with Gasteiger partial charge < -0.3 is 14.8 Å². The van der Waals surface area contributed by atoms with Crippen LogP contribution in [0.25, 0.3) is 0 Å². The molecule has 4 nitrogen and oxygen atoms in total. The van der Waals surface area contributed by atoms with Gasteiger partial charge in [-0.1, -0.05) is 20.8 Å². The highest BCUT2D eigenvalue weighted by Gasteiger charge is 2.37. The minimum absolute atomic E-state index is 0.0294. The van der Waals surface area contributed by atoms with Crippen LogP contribution in [0.15, 0.2) is 11.3 Å². The molecule has 0 aliphatic carbocycles. The first kappa shape index (κ1) is 15.4. The van der Waals surface area contributed by atoms with Crippen molar-refractivity contribution >= 4 is 5.91 Å². The molecule has 2 heterocycles. The van der Waals surface area contributed by atoms with Gasteiger partial charge in [0.05, 0.1) is 18.3 Å². The van der Waals surface area contributed by atoms with E-state index in [4.69, 9.17) is 9.47 Å². The Kier molecular flexibility index (Phi) is 4.74. The Morgan fingerprint density at radius 2 is 2.10 bits per heavy atom. The summed E-state index contributed by atoms with van der Waals surface area (Å²) in [5.74, 6) is 1.22. The zero-order chi connectivity index (χ0) is 14.8. The molecule has 1 amide bonds. The van der Waals surface area contributed by atoms with Gasteiger partial charge in [-0.3, -0.25) is 4.79 Å². The molecule has 4 heteroatoms. The number of nitrogens with one attached hydrogen (secondary N) is 1. The number of amides is 1. The molecule has 2 aliphatic heterocycles. The van der Waals surface area contributed by atoms with Gasteiger partial charge in [-0.15, -0.1) is 0 Å². The van der Waals surface area contributed by atoms with Crippen LogP contribution in [0.2, 0.25) is 0 Å². The van der Waals surface area contributed by atoms with Crippen LogP contribution < -0.4 is 5.32 Å². The molecule has 1 saturated heterocycles. The average molecular weight is 281 g/mol. The second kappa shape index (κ2) is 6.17. The van der Waals surface area contributed by atoms with Crippen molar-refractivity contribution in [3.8, 4) is 0 Å². The van der Waals surface area contributed by atoms with Crippen molar-refractivity contribution in [1.82, 2.24) is 5.32 Å². The van der Waals surface area contributed by atoms with E-state index in [9.17, 15) is 4.79 Å². The summed E-state index contributed by atoms with van der Waals surface area (Å²) in [6.45, 7) is 10.7. The molecule has 2 atom stereocenters. The number of hydrogen-bond donors (Lipinski definition) is 1. The van der Waals surface area contributed by atoms with E-state index < -0.39 is 0 Å². The zero-order valence-electron chi connectivity index (χ0n) is 13.1. The molecule has 2 aliphatic rings. The molecule has 0 aromatic rings. The van der Waals surface area contributed by atoms with E-state index in [-0.39, 0.29) is 17.4 Å². The van der Waals surface area contributed by atoms with E-state index >= 15 is 0 Å². The fourth-order valence-corrected chi connectivity index (χ4v) is 3.14. The number of hydrogen-bond acceptors (Lipinski definition) is 3. The first-order valence-electron chi connectivity index (χ1n) is 7.62. The number of carbonyl (C=O) groups excluding carboxylic acids is 1. The fourth-order valence-electron chi connectivity index (χ4n) is 3.14. The fraction of sp³-hybridized carbons (Fsp3) is 0.812. The van der Waals surface area contributed by atoms with Crippen LogP contribution in [0.4, 0.5) is 0 Å². The third-order valence-electron chi connectivity index (χ3n) is 4.18. The molecule has 0 aromatic heterocycles. The summed E-state index contributed by atoms with van der Waals surface area (Å²) in [5, 5.41) is 3.07. The van der Waals surface area contributed by atoms with Crippen molar-refractivity contribution in [3.63, 3.8) is 0 Å². The van der Waals surface area contributed by atoms with E-state index in [0.717, 1.165) is 43.8 Å². The third kappa shape index (κ3) is 3.54. The molecule has 2 rings (SSSR count). The van der Waals surface area contributed by atoms with Gasteiger partial charge in [0, 0.05) is 19.1 Å². The molecular weight excluding hydrogens is 254 g/mol. The maximum Gasteiger partial charge on any atom is 0.250 e. The lowest BCUT2D eigenvalue weighted by Gasteiger charge is -2.31. The monoisotopic (exact) mass is 281 g/mol. The molecule has 0 unspecified atom stereocenters. The first-order valence-corrected chi connectivity index (χ1v) is 7.62. The van der Waals surface area contributed by atoms with Crippen LogP contribution in [0.3, 0.4) is 0 Å². The Hall–Kier alpha value is -1.03. The minimum Gasteiger partial charge on any atom is -0.498 e. The van der Waals surface area contributed by atoms with Gasteiger partial charge in [0.15, 0.2) is 0 Å². The summed E-state index contributed by atoms with van der Waals surface area (Å²) < 4.78 is 11.3. The van der Waals surface area contributed by atoms with Crippen molar-refractivity contribution in [2.24, 2.45) is 11.3 Å². The van der Waals surface area contributed by atoms with Crippen LogP contribution in [0.1, 0.15) is 47.0 Å². The van der Waals surface area contributed by atoms with Gasteiger partial charge in [0.25, 0.3) is 5.91 Å². The standard InChI is InChI=1S/C16H27NO3/c1-11-13(6-5-8-19-11)15(18)17-10-12-7-9-20-14(12)16(2,3)4/h12,14H,5-10H2,1-4H3,(H,17,18)/t12-,14+/m1/s1. The molecule has 0 spiro atoms. The van der Waals surface area contributed by atoms with Crippen molar-refractivity contribution in [3.05, 3.63) is 11.3 Å². The Bertz CT molecular complexity index is 395. The minimum atomic E-state index is 0.0294. The van der Waals surface area contributed by atoms with Crippen LogP contribution in [0.5, 0.6) is 0 Å². The third-order valence-corrected chi connectivity index (χ3v) is 4.18. The Morgan fingerprint density at radius 1 is 1.35 bits per heavy atom. The van der Waals surface area contributed by atoms with Gasteiger partial charge in [0.1, 0.15) is 5.76 Å². The Balaban J connectivity index is 1.90. The molecule has 0 radical (unpaired) electrons. The van der Waals surface area contributed by atoms with Crippen LogP contribution in [-0.2, 0) is 14.3 Å². The highest BCUT2D eigenvalue weighted by molar-refractivity contribution is 5.93. The maximum atomic E-state index is 12.2. The van der Waals surface area contributed by atoms with E-state index in [0.29, 0.717) is 12.5 Å². The molecular formula is C16H27NO3. The van der Waals surface area contributed by atoms with E-state index in [1.54, 1.807) is 0 Å². The Labute approximate surface area is 121 Å². The molecule has 1 fully saturated rings. The lowest BCUT2D eigenvalue weighted by molar-refractivity contribution is -0.118. The van der Waals surface area contributed by atoms with Gasteiger partial charge in [0.2, 0.25) is 0 Å². The summed E-state index contributed by atoms with van der Waals surface area (Å²) in [6.07, 6.45) is 3.00. The summed E-state index contributed by atoms with van der Waals surface area (Å²) in [6, 6.07) is 0. The van der Waals surface area contributed by atoms with Gasteiger partial charge in [-0.05, 0) is 31.6 Å². The van der Waals surface area contributed by atoms with Crippen molar-refractivity contribution in [2.75, 3.05) is 19.8 Å². The van der Waals surface area contributed by atoms with E-state index in [2.05, 4.69) is 26.1 Å².